The van der Waals surface area contributed by atoms with Gasteiger partial charge in [0, 0.05) is 16.0 Å². The molecule has 0 bridgehead atoms. The fourth-order valence-electron chi connectivity index (χ4n) is 1.71. The summed E-state index contributed by atoms with van der Waals surface area (Å²) in [6.07, 6.45) is 0. The van der Waals surface area contributed by atoms with E-state index in [2.05, 4.69) is 23.2 Å². The van der Waals surface area contributed by atoms with Crippen molar-refractivity contribution in [1.29, 1.82) is 0 Å². The molecule has 102 valence electrons. The Morgan fingerprint density at radius 2 is 2.05 bits per heavy atom. The first kappa shape index (κ1) is 14.3. The van der Waals surface area contributed by atoms with Crippen molar-refractivity contribution in [2.75, 3.05) is 6.54 Å². The summed E-state index contributed by atoms with van der Waals surface area (Å²) in [6, 6.07) is 9.26. The van der Waals surface area contributed by atoms with Crippen molar-refractivity contribution >= 4 is 17.2 Å². The van der Waals surface area contributed by atoms with Crippen LogP contribution in [0.5, 0.6) is 0 Å². The molecule has 4 heteroatoms. The SMILES string of the molecule is Cc1ccsc1CNC(=O)c1ccc(C#CCN)cc1. The highest BCUT2D eigenvalue weighted by molar-refractivity contribution is 7.10. The van der Waals surface area contributed by atoms with E-state index in [1.54, 1.807) is 23.5 Å². The Hall–Kier alpha value is -2.09. The molecule has 0 spiro atoms. The Bertz CT molecular complexity index is 647. The number of aryl methyl sites for hydroxylation is 1. The lowest BCUT2D eigenvalue weighted by atomic mass is 10.1. The molecule has 0 atom stereocenters. The summed E-state index contributed by atoms with van der Waals surface area (Å²) in [5, 5.41) is 4.95. The van der Waals surface area contributed by atoms with Crippen LogP contribution in [0.4, 0.5) is 0 Å². The number of nitrogens with two attached hydrogens (primary N) is 1. The lowest BCUT2D eigenvalue weighted by molar-refractivity contribution is 0.0951. The Balaban J connectivity index is 1.97. The van der Waals surface area contributed by atoms with Gasteiger partial charge in [-0.15, -0.1) is 11.3 Å². The van der Waals surface area contributed by atoms with Gasteiger partial charge in [-0.05, 0) is 48.2 Å². The van der Waals surface area contributed by atoms with Gasteiger partial charge in [-0.2, -0.15) is 0 Å². The fraction of sp³-hybridized carbons (Fsp3) is 0.188. The van der Waals surface area contributed by atoms with Crippen molar-refractivity contribution in [1.82, 2.24) is 5.32 Å². The van der Waals surface area contributed by atoms with Gasteiger partial charge in [0.25, 0.3) is 5.91 Å². The molecule has 0 aliphatic heterocycles. The summed E-state index contributed by atoms with van der Waals surface area (Å²) >= 11 is 1.65. The zero-order chi connectivity index (χ0) is 14.4. The van der Waals surface area contributed by atoms with Crippen LogP contribution in [0.15, 0.2) is 35.7 Å². The minimum Gasteiger partial charge on any atom is -0.347 e. The summed E-state index contributed by atoms with van der Waals surface area (Å²) in [4.78, 5) is 13.2. The highest BCUT2D eigenvalue weighted by atomic mass is 32.1. The number of hydrogen-bond acceptors (Lipinski definition) is 3. The van der Waals surface area contributed by atoms with Gasteiger partial charge in [0.1, 0.15) is 0 Å². The third kappa shape index (κ3) is 3.70. The van der Waals surface area contributed by atoms with Crippen LogP contribution in [-0.4, -0.2) is 12.5 Å². The van der Waals surface area contributed by atoms with Crippen molar-refractivity contribution < 1.29 is 4.79 Å². The molecule has 0 saturated heterocycles. The second-order valence-electron chi connectivity index (χ2n) is 4.29. The first-order valence-electron chi connectivity index (χ1n) is 6.31. The van der Waals surface area contributed by atoms with Gasteiger partial charge in [0.15, 0.2) is 0 Å². The third-order valence-corrected chi connectivity index (χ3v) is 3.88. The molecule has 1 aromatic heterocycles. The normalized spacial score (nSPS) is 9.70. The molecule has 1 aromatic carbocycles. The molecule has 1 heterocycles. The zero-order valence-corrected chi connectivity index (χ0v) is 12.1. The second-order valence-corrected chi connectivity index (χ2v) is 5.29. The van der Waals surface area contributed by atoms with E-state index in [0.29, 0.717) is 18.7 Å². The van der Waals surface area contributed by atoms with E-state index in [4.69, 9.17) is 5.73 Å². The van der Waals surface area contributed by atoms with Crippen LogP contribution in [0.2, 0.25) is 0 Å². The summed E-state index contributed by atoms with van der Waals surface area (Å²) in [5.74, 6) is 5.64. The van der Waals surface area contributed by atoms with Crippen LogP contribution in [-0.2, 0) is 6.54 Å². The van der Waals surface area contributed by atoms with Crippen molar-refractivity contribution in [3.05, 3.63) is 57.3 Å². The molecule has 3 N–H and O–H groups in total. The Labute approximate surface area is 122 Å². The van der Waals surface area contributed by atoms with Crippen LogP contribution in [0.3, 0.4) is 0 Å². The molecule has 0 fully saturated rings. The quantitative estimate of drug-likeness (QED) is 0.850. The highest BCUT2D eigenvalue weighted by Crippen LogP contribution is 2.15. The molecule has 2 rings (SSSR count). The summed E-state index contributed by atoms with van der Waals surface area (Å²) in [7, 11) is 0. The predicted octanol–water partition coefficient (Wildman–Crippen LogP) is 2.30. The largest absolute Gasteiger partial charge is 0.347 e. The number of hydrogen-bond donors (Lipinski definition) is 2. The molecular formula is C16H16N2OS. The molecule has 2 aromatic rings. The molecule has 20 heavy (non-hydrogen) atoms. The van der Waals surface area contributed by atoms with Gasteiger partial charge in [-0.3, -0.25) is 4.79 Å². The van der Waals surface area contributed by atoms with Crippen LogP contribution in [0.1, 0.15) is 26.4 Å². The third-order valence-electron chi connectivity index (χ3n) is 2.86. The molecular weight excluding hydrogens is 268 g/mol. The van der Waals surface area contributed by atoms with Crippen LogP contribution in [0.25, 0.3) is 0 Å². The van der Waals surface area contributed by atoms with E-state index >= 15 is 0 Å². The van der Waals surface area contributed by atoms with Gasteiger partial charge in [0.2, 0.25) is 0 Å². The maximum atomic E-state index is 12.0. The average molecular weight is 284 g/mol. The van der Waals surface area contributed by atoms with E-state index in [0.717, 1.165) is 5.56 Å². The minimum atomic E-state index is -0.0730. The number of thiophene rings is 1. The maximum Gasteiger partial charge on any atom is 0.251 e. The Morgan fingerprint density at radius 3 is 2.65 bits per heavy atom. The van der Waals surface area contributed by atoms with E-state index in [-0.39, 0.29) is 5.91 Å². The van der Waals surface area contributed by atoms with Crippen molar-refractivity contribution in [3.63, 3.8) is 0 Å². The zero-order valence-electron chi connectivity index (χ0n) is 11.3. The number of carbonyl (C=O) groups is 1. The smallest absolute Gasteiger partial charge is 0.251 e. The van der Waals surface area contributed by atoms with Gasteiger partial charge >= 0.3 is 0 Å². The van der Waals surface area contributed by atoms with Gasteiger partial charge < -0.3 is 11.1 Å². The maximum absolute atomic E-state index is 12.0. The molecule has 0 unspecified atom stereocenters. The molecule has 0 saturated carbocycles. The van der Waals surface area contributed by atoms with Crippen LogP contribution >= 0.6 is 11.3 Å². The minimum absolute atomic E-state index is 0.0730. The summed E-state index contributed by atoms with van der Waals surface area (Å²) in [5.41, 5.74) is 8.03. The van der Waals surface area contributed by atoms with E-state index < -0.39 is 0 Å². The van der Waals surface area contributed by atoms with Crippen molar-refractivity contribution in [3.8, 4) is 11.8 Å². The van der Waals surface area contributed by atoms with Crippen LogP contribution < -0.4 is 11.1 Å². The van der Waals surface area contributed by atoms with E-state index in [9.17, 15) is 4.79 Å². The van der Waals surface area contributed by atoms with Crippen molar-refractivity contribution in [2.45, 2.75) is 13.5 Å². The summed E-state index contributed by atoms with van der Waals surface area (Å²) < 4.78 is 0. The lowest BCUT2D eigenvalue weighted by Gasteiger charge is -2.05. The Kier molecular flexibility index (Phi) is 4.94. The van der Waals surface area contributed by atoms with Gasteiger partial charge in [-0.25, -0.2) is 0 Å². The standard InChI is InChI=1S/C16H16N2OS/c1-12-8-10-20-15(12)11-18-16(19)14-6-4-13(5-7-14)3-2-9-17/h4-8,10H,9,11,17H2,1H3,(H,18,19). The topological polar surface area (TPSA) is 55.1 Å². The fourth-order valence-corrected chi connectivity index (χ4v) is 2.55. The number of carbonyl (C=O) groups excluding carboxylic acids is 1. The number of rotatable bonds is 3. The van der Waals surface area contributed by atoms with E-state index in [1.807, 2.05) is 24.4 Å². The number of amides is 1. The number of benzene rings is 1. The van der Waals surface area contributed by atoms with Gasteiger partial charge in [-0.1, -0.05) is 11.8 Å². The molecule has 0 aliphatic carbocycles. The highest BCUT2D eigenvalue weighted by Gasteiger charge is 2.06. The lowest BCUT2D eigenvalue weighted by Crippen LogP contribution is -2.22. The van der Waals surface area contributed by atoms with E-state index in [1.165, 1.54) is 10.4 Å². The molecule has 0 aliphatic rings. The summed E-state index contributed by atoms with van der Waals surface area (Å²) in [6.45, 7) is 2.95. The predicted molar refractivity (Wildman–Crippen MR) is 82.6 cm³/mol. The second kappa shape index (κ2) is 6.90. The van der Waals surface area contributed by atoms with Gasteiger partial charge in [0.05, 0.1) is 13.1 Å². The van der Waals surface area contributed by atoms with Crippen LogP contribution in [0, 0.1) is 18.8 Å². The molecule has 0 radical (unpaired) electrons. The Morgan fingerprint density at radius 1 is 1.30 bits per heavy atom. The monoisotopic (exact) mass is 284 g/mol. The number of nitrogens with one attached hydrogen (secondary N) is 1. The first-order valence-corrected chi connectivity index (χ1v) is 7.19. The molecule has 1 amide bonds. The average Bonchev–Trinajstić information content (AvgIpc) is 2.88. The molecule has 3 nitrogen and oxygen atoms in total. The first-order chi connectivity index (χ1) is 9.70. The van der Waals surface area contributed by atoms with Crippen molar-refractivity contribution in [2.24, 2.45) is 5.73 Å².